The molecule has 2 aliphatic heterocycles. The predicted molar refractivity (Wildman–Crippen MR) is 82.8 cm³/mol. The Morgan fingerprint density at radius 3 is 2.27 bits per heavy atom. The number of likely N-dealkylation sites (tertiary alicyclic amines) is 2. The van der Waals surface area contributed by atoms with Crippen molar-refractivity contribution < 1.29 is 19.4 Å². The van der Waals surface area contributed by atoms with Gasteiger partial charge in [-0.05, 0) is 53.0 Å². The second-order valence-electron chi connectivity index (χ2n) is 7.37. The fourth-order valence-electron chi connectivity index (χ4n) is 3.28. The lowest BCUT2D eigenvalue weighted by molar-refractivity contribution is -0.144. The molecule has 2 saturated heterocycles. The van der Waals surface area contributed by atoms with Gasteiger partial charge in [-0.2, -0.15) is 0 Å². The Morgan fingerprint density at radius 2 is 1.73 bits per heavy atom. The molecule has 2 heterocycles. The minimum Gasteiger partial charge on any atom is -0.481 e. The summed E-state index contributed by atoms with van der Waals surface area (Å²) in [5.41, 5.74) is -0.463. The molecule has 126 valence electrons. The molecule has 0 bridgehead atoms. The first-order valence-corrected chi connectivity index (χ1v) is 8.21. The molecule has 0 radical (unpaired) electrons. The fraction of sp³-hybridized carbons (Fsp3) is 0.875. The molecule has 1 unspecified atom stereocenters. The summed E-state index contributed by atoms with van der Waals surface area (Å²) in [6.07, 6.45) is 3.27. The number of hydrogen-bond acceptors (Lipinski definition) is 4. The van der Waals surface area contributed by atoms with Crippen molar-refractivity contribution in [3.63, 3.8) is 0 Å². The highest BCUT2D eigenvalue weighted by atomic mass is 16.6. The highest BCUT2D eigenvalue weighted by Crippen LogP contribution is 2.24. The van der Waals surface area contributed by atoms with Crippen molar-refractivity contribution in [2.24, 2.45) is 5.92 Å². The van der Waals surface area contributed by atoms with Gasteiger partial charge >= 0.3 is 12.1 Å². The maximum Gasteiger partial charge on any atom is 0.410 e. The number of carbonyl (C=O) groups is 2. The second-order valence-corrected chi connectivity index (χ2v) is 7.37. The van der Waals surface area contributed by atoms with Crippen LogP contribution in [-0.2, 0) is 9.53 Å². The van der Waals surface area contributed by atoms with Crippen molar-refractivity contribution in [1.82, 2.24) is 9.80 Å². The monoisotopic (exact) mass is 312 g/mol. The third kappa shape index (κ3) is 4.60. The maximum absolute atomic E-state index is 12.1. The molecular formula is C16H28N2O4. The maximum atomic E-state index is 12.1. The van der Waals surface area contributed by atoms with E-state index in [0.717, 1.165) is 32.2 Å². The summed E-state index contributed by atoms with van der Waals surface area (Å²) < 4.78 is 5.40. The molecule has 2 rings (SSSR count). The average Bonchev–Trinajstić information content (AvgIpc) is 2.46. The lowest BCUT2D eigenvalue weighted by atomic mass is 9.94. The van der Waals surface area contributed by atoms with Crippen molar-refractivity contribution in [2.45, 2.75) is 58.1 Å². The highest BCUT2D eigenvalue weighted by molar-refractivity contribution is 5.70. The van der Waals surface area contributed by atoms with Crippen LogP contribution in [0.3, 0.4) is 0 Å². The van der Waals surface area contributed by atoms with Crippen LogP contribution in [0.15, 0.2) is 0 Å². The van der Waals surface area contributed by atoms with Crippen LogP contribution in [0.1, 0.15) is 46.5 Å². The Labute approximate surface area is 132 Å². The van der Waals surface area contributed by atoms with Crippen LogP contribution in [0.4, 0.5) is 4.79 Å². The summed E-state index contributed by atoms with van der Waals surface area (Å²) in [6, 6.07) is 0.390. The van der Waals surface area contributed by atoms with Crippen LogP contribution < -0.4 is 0 Å². The van der Waals surface area contributed by atoms with Crippen LogP contribution in [0.5, 0.6) is 0 Å². The third-order valence-corrected chi connectivity index (χ3v) is 4.43. The van der Waals surface area contributed by atoms with Crippen molar-refractivity contribution in [3.05, 3.63) is 0 Å². The van der Waals surface area contributed by atoms with Crippen molar-refractivity contribution in [2.75, 3.05) is 26.2 Å². The number of carbonyl (C=O) groups excluding carboxylic acids is 1. The van der Waals surface area contributed by atoms with Gasteiger partial charge in [-0.25, -0.2) is 4.79 Å². The molecule has 0 aromatic carbocycles. The molecule has 2 fully saturated rings. The SMILES string of the molecule is CC(C)(C)OC(=O)N1CCC(N2CCCC(C(=O)O)C2)CC1. The normalized spacial score (nSPS) is 25.0. The zero-order valence-corrected chi connectivity index (χ0v) is 13.9. The number of amides is 1. The van der Waals surface area contributed by atoms with Gasteiger partial charge in [0.05, 0.1) is 5.92 Å². The van der Waals surface area contributed by atoms with Gasteiger partial charge in [-0.1, -0.05) is 0 Å². The second kappa shape index (κ2) is 6.86. The predicted octanol–water partition coefficient (Wildman–Crippen LogP) is 2.18. The Hall–Kier alpha value is -1.30. The third-order valence-electron chi connectivity index (χ3n) is 4.43. The summed E-state index contributed by atoms with van der Waals surface area (Å²) in [5.74, 6) is -0.923. The van der Waals surface area contributed by atoms with Crippen LogP contribution in [0, 0.1) is 5.92 Å². The van der Waals surface area contributed by atoms with Gasteiger partial charge in [0.2, 0.25) is 0 Å². The smallest absolute Gasteiger partial charge is 0.410 e. The van der Waals surface area contributed by atoms with Crippen molar-refractivity contribution in [1.29, 1.82) is 0 Å². The largest absolute Gasteiger partial charge is 0.481 e. The van der Waals surface area contributed by atoms with E-state index in [9.17, 15) is 14.7 Å². The van der Waals surface area contributed by atoms with Crippen LogP contribution in [0.2, 0.25) is 0 Å². The van der Waals surface area contributed by atoms with Gasteiger partial charge in [-0.3, -0.25) is 9.69 Å². The van der Waals surface area contributed by atoms with E-state index in [1.807, 2.05) is 20.8 Å². The first-order valence-electron chi connectivity index (χ1n) is 8.21. The highest BCUT2D eigenvalue weighted by Gasteiger charge is 2.33. The summed E-state index contributed by atoms with van der Waals surface area (Å²) in [4.78, 5) is 27.3. The Bertz CT molecular complexity index is 411. The number of carboxylic acid groups (broad SMARTS) is 1. The van der Waals surface area contributed by atoms with Gasteiger partial charge in [0.15, 0.2) is 0 Å². The lowest BCUT2D eigenvalue weighted by Gasteiger charge is -2.41. The number of nitrogens with zero attached hydrogens (tertiary/aromatic N) is 2. The van der Waals surface area contributed by atoms with Crippen LogP contribution in [0.25, 0.3) is 0 Å². The number of piperidine rings is 2. The van der Waals surface area contributed by atoms with Crippen LogP contribution in [-0.4, -0.2) is 64.8 Å². The molecule has 1 amide bonds. The number of carboxylic acids is 1. The van der Waals surface area contributed by atoms with E-state index in [1.54, 1.807) is 4.90 Å². The zero-order chi connectivity index (χ0) is 16.3. The van der Waals surface area contributed by atoms with E-state index in [0.29, 0.717) is 25.7 Å². The molecule has 22 heavy (non-hydrogen) atoms. The first kappa shape index (κ1) is 17.1. The molecule has 6 heteroatoms. The van der Waals surface area contributed by atoms with Crippen molar-refractivity contribution >= 4 is 12.1 Å². The van der Waals surface area contributed by atoms with Crippen LogP contribution >= 0.6 is 0 Å². The molecule has 0 aliphatic carbocycles. The molecule has 6 nitrogen and oxygen atoms in total. The molecule has 2 aliphatic rings. The Kier molecular flexibility index (Phi) is 5.32. The number of ether oxygens (including phenoxy) is 1. The summed E-state index contributed by atoms with van der Waals surface area (Å²) >= 11 is 0. The zero-order valence-electron chi connectivity index (χ0n) is 13.9. The van der Waals surface area contributed by atoms with Gasteiger partial charge in [-0.15, -0.1) is 0 Å². The first-order chi connectivity index (χ1) is 10.3. The van der Waals surface area contributed by atoms with E-state index in [1.165, 1.54) is 0 Å². The van der Waals surface area contributed by atoms with Gasteiger partial charge in [0, 0.05) is 25.7 Å². The standard InChI is InChI=1S/C16H28N2O4/c1-16(2,3)22-15(21)17-9-6-13(7-10-17)18-8-4-5-12(11-18)14(19)20/h12-13H,4-11H2,1-3H3,(H,19,20). The summed E-state index contributed by atoms with van der Waals surface area (Å²) in [5, 5.41) is 9.18. The molecule has 0 aromatic rings. The number of rotatable bonds is 2. The molecule has 0 aromatic heterocycles. The van der Waals surface area contributed by atoms with E-state index in [4.69, 9.17) is 4.74 Å². The van der Waals surface area contributed by atoms with Gasteiger partial charge in [0.25, 0.3) is 0 Å². The molecule has 1 N–H and O–H groups in total. The quantitative estimate of drug-likeness (QED) is 0.846. The Morgan fingerprint density at radius 1 is 1.09 bits per heavy atom. The molecule has 0 saturated carbocycles. The minimum atomic E-state index is -0.684. The van der Waals surface area contributed by atoms with Crippen molar-refractivity contribution in [3.8, 4) is 0 Å². The Balaban J connectivity index is 1.82. The fourth-order valence-corrected chi connectivity index (χ4v) is 3.28. The van der Waals surface area contributed by atoms with E-state index >= 15 is 0 Å². The average molecular weight is 312 g/mol. The lowest BCUT2D eigenvalue weighted by Crippen LogP contribution is -2.51. The summed E-state index contributed by atoms with van der Waals surface area (Å²) in [7, 11) is 0. The number of hydrogen-bond donors (Lipinski definition) is 1. The van der Waals surface area contributed by atoms with E-state index < -0.39 is 11.6 Å². The van der Waals surface area contributed by atoms with Gasteiger partial charge < -0.3 is 14.7 Å². The van der Waals surface area contributed by atoms with E-state index in [2.05, 4.69) is 4.90 Å². The van der Waals surface area contributed by atoms with Gasteiger partial charge in [0.1, 0.15) is 5.60 Å². The number of aliphatic carboxylic acids is 1. The molecular weight excluding hydrogens is 284 g/mol. The minimum absolute atomic E-state index is 0.238. The van der Waals surface area contributed by atoms with E-state index in [-0.39, 0.29) is 12.0 Å². The molecule has 1 atom stereocenters. The topological polar surface area (TPSA) is 70.1 Å². The summed E-state index contributed by atoms with van der Waals surface area (Å²) in [6.45, 7) is 8.61. The molecule has 0 spiro atoms.